The van der Waals surface area contributed by atoms with Crippen LogP contribution in [0, 0.1) is 6.92 Å². The van der Waals surface area contributed by atoms with E-state index in [9.17, 15) is 18.0 Å². The Bertz CT molecular complexity index is 1160. The van der Waals surface area contributed by atoms with Crippen LogP contribution >= 0.6 is 0 Å². The second-order valence-electron chi connectivity index (χ2n) is 11.1. The van der Waals surface area contributed by atoms with Gasteiger partial charge in [0.15, 0.2) is 11.4 Å². The van der Waals surface area contributed by atoms with E-state index < -0.39 is 41.4 Å². The van der Waals surface area contributed by atoms with Crippen LogP contribution in [0.3, 0.4) is 0 Å². The van der Waals surface area contributed by atoms with E-state index in [1.165, 1.54) is 6.07 Å². The van der Waals surface area contributed by atoms with E-state index in [2.05, 4.69) is 5.32 Å². The molecule has 2 aromatic rings. The number of nitrogens with one attached hydrogen (secondary N) is 1. The Morgan fingerprint density at radius 1 is 1.03 bits per heavy atom. The van der Waals surface area contributed by atoms with Crippen LogP contribution in [0.2, 0.25) is 0 Å². The van der Waals surface area contributed by atoms with Crippen molar-refractivity contribution in [2.24, 2.45) is 0 Å². The van der Waals surface area contributed by atoms with Gasteiger partial charge in [-0.1, -0.05) is 42.0 Å². The first-order valence-electron chi connectivity index (χ1n) is 13.1. The van der Waals surface area contributed by atoms with E-state index in [-0.39, 0.29) is 38.0 Å². The molecule has 0 radical (unpaired) electrons. The number of fused-ring (bicyclic) bond motifs is 1. The van der Waals surface area contributed by atoms with Crippen LogP contribution in [0.4, 0.5) is 13.2 Å². The summed E-state index contributed by atoms with van der Waals surface area (Å²) in [7, 11) is 0. The lowest BCUT2D eigenvalue weighted by Gasteiger charge is -2.43. The molecular formula is C29H34F3NO5. The molecule has 2 aromatic carbocycles. The fraction of sp³-hybridized carbons (Fsp3) is 0.552. The van der Waals surface area contributed by atoms with Gasteiger partial charge in [0.25, 0.3) is 5.91 Å². The second kappa shape index (κ2) is 10.3. The molecule has 6 nitrogen and oxygen atoms in total. The molecule has 2 saturated carbocycles. The van der Waals surface area contributed by atoms with E-state index in [4.69, 9.17) is 18.9 Å². The van der Waals surface area contributed by atoms with Crippen molar-refractivity contribution in [1.29, 1.82) is 0 Å². The molecule has 0 spiro atoms. The van der Waals surface area contributed by atoms with Crippen LogP contribution in [0.1, 0.15) is 61.8 Å². The van der Waals surface area contributed by atoms with Gasteiger partial charge in [-0.2, -0.15) is 13.2 Å². The summed E-state index contributed by atoms with van der Waals surface area (Å²) >= 11 is 0. The largest absolute Gasteiger partial charge is 0.416 e. The molecule has 3 fully saturated rings. The zero-order chi connectivity index (χ0) is 27.1. The highest BCUT2D eigenvalue weighted by molar-refractivity contribution is 5.86. The van der Waals surface area contributed by atoms with Crippen LogP contribution < -0.4 is 5.32 Å². The minimum Gasteiger partial charge on any atom is -0.371 e. The summed E-state index contributed by atoms with van der Waals surface area (Å²) in [4.78, 5) is 13.7. The van der Waals surface area contributed by atoms with Crippen LogP contribution in [-0.2, 0) is 43.1 Å². The minimum atomic E-state index is -4.45. The third-order valence-corrected chi connectivity index (χ3v) is 7.29. The summed E-state index contributed by atoms with van der Waals surface area (Å²) in [5.74, 6) is -1.11. The van der Waals surface area contributed by atoms with Crippen molar-refractivity contribution >= 4 is 5.91 Å². The summed E-state index contributed by atoms with van der Waals surface area (Å²) < 4.78 is 64.7. The monoisotopic (exact) mass is 533 g/mol. The predicted molar refractivity (Wildman–Crippen MR) is 133 cm³/mol. The lowest BCUT2D eigenvalue weighted by Crippen LogP contribution is -2.60. The summed E-state index contributed by atoms with van der Waals surface area (Å²) in [5, 5.41) is 3.09. The van der Waals surface area contributed by atoms with E-state index in [1.54, 1.807) is 19.9 Å². The Labute approximate surface area is 220 Å². The molecule has 3 aliphatic rings. The van der Waals surface area contributed by atoms with Crippen molar-refractivity contribution in [2.45, 2.75) is 102 Å². The van der Waals surface area contributed by atoms with Crippen molar-refractivity contribution < 1.29 is 36.9 Å². The van der Waals surface area contributed by atoms with E-state index in [0.29, 0.717) is 5.56 Å². The van der Waals surface area contributed by atoms with Crippen molar-refractivity contribution in [3.8, 4) is 0 Å². The predicted octanol–water partition coefficient (Wildman–Crippen LogP) is 5.45. The number of amides is 1. The number of aryl methyl sites for hydroxylation is 1. The Kier molecular flexibility index (Phi) is 7.32. The number of carbonyl (C=O) groups is 1. The van der Waals surface area contributed by atoms with Crippen molar-refractivity contribution in [3.05, 3.63) is 70.8 Å². The highest BCUT2D eigenvalue weighted by Gasteiger charge is 2.58. The molecule has 1 amide bonds. The number of hydrogen-bond donors (Lipinski definition) is 1. The number of rotatable bonds is 8. The number of ether oxygens (including phenoxy) is 4. The summed E-state index contributed by atoms with van der Waals surface area (Å²) in [6.45, 7) is 5.75. The van der Waals surface area contributed by atoms with E-state index >= 15 is 0 Å². The van der Waals surface area contributed by atoms with Gasteiger partial charge in [0.1, 0.15) is 6.10 Å². The number of halogens is 3. The maximum Gasteiger partial charge on any atom is 0.416 e. The van der Waals surface area contributed by atoms with Gasteiger partial charge in [-0.15, -0.1) is 0 Å². The molecule has 5 rings (SSSR count). The molecule has 206 valence electrons. The van der Waals surface area contributed by atoms with E-state index in [0.717, 1.165) is 36.1 Å². The maximum atomic E-state index is 13.7. The molecule has 1 heterocycles. The van der Waals surface area contributed by atoms with E-state index in [1.807, 2.05) is 31.2 Å². The minimum absolute atomic E-state index is 0.0696. The first kappa shape index (κ1) is 27.1. The Morgan fingerprint density at radius 3 is 2.42 bits per heavy atom. The number of carbonyl (C=O) groups excluding carboxylic acids is 1. The lowest BCUT2D eigenvalue weighted by molar-refractivity contribution is -0.183. The highest BCUT2D eigenvalue weighted by atomic mass is 19.4. The van der Waals surface area contributed by atoms with Crippen molar-refractivity contribution in [1.82, 2.24) is 5.32 Å². The van der Waals surface area contributed by atoms with Crippen molar-refractivity contribution in [3.63, 3.8) is 0 Å². The molecule has 38 heavy (non-hydrogen) atoms. The summed E-state index contributed by atoms with van der Waals surface area (Å²) in [6.07, 6.45) is -3.72. The van der Waals surface area contributed by atoms with Gasteiger partial charge < -0.3 is 24.3 Å². The SMILES string of the molecule is Cc1cccc(CO[C@]2(C(=O)NC3CC3)CC(OCc3cccc(C(F)(F)F)c3)[C@@H]3OC(C)(C)O[C@@H]3C2)c1. The fourth-order valence-corrected chi connectivity index (χ4v) is 5.32. The highest BCUT2D eigenvalue weighted by Crippen LogP contribution is 2.44. The third kappa shape index (κ3) is 6.22. The molecule has 1 saturated heterocycles. The normalized spacial score (nSPS) is 28.6. The molecule has 1 N–H and O–H groups in total. The second-order valence-corrected chi connectivity index (χ2v) is 11.1. The van der Waals surface area contributed by atoms with Crippen LogP contribution in [0.15, 0.2) is 48.5 Å². The van der Waals surface area contributed by atoms with Crippen molar-refractivity contribution in [2.75, 3.05) is 0 Å². The quantitative estimate of drug-likeness (QED) is 0.489. The molecule has 9 heteroatoms. The zero-order valence-electron chi connectivity index (χ0n) is 21.8. The lowest BCUT2D eigenvalue weighted by atomic mass is 9.78. The average molecular weight is 534 g/mol. The molecule has 0 aromatic heterocycles. The van der Waals surface area contributed by atoms with Gasteiger partial charge in [0.05, 0.1) is 31.0 Å². The third-order valence-electron chi connectivity index (χ3n) is 7.29. The summed E-state index contributed by atoms with van der Waals surface area (Å²) in [5.41, 5.74) is 0.435. The first-order chi connectivity index (χ1) is 17.9. The van der Waals surface area contributed by atoms with Gasteiger partial charge in [0.2, 0.25) is 0 Å². The smallest absolute Gasteiger partial charge is 0.371 e. The molecule has 2 aliphatic carbocycles. The topological polar surface area (TPSA) is 66.0 Å². The number of benzene rings is 2. The maximum absolute atomic E-state index is 13.7. The first-order valence-corrected chi connectivity index (χ1v) is 13.1. The standard InChI is InChI=1S/C29H34F3NO5/c1-18-6-4-7-19(12-18)17-36-28(26(34)33-22-10-11-22)14-23(25-24(15-28)37-27(2,3)38-25)35-16-20-8-5-9-21(13-20)29(30,31)32/h4-9,12-13,22-25H,10-11,14-17H2,1-3H3,(H,33,34)/t23?,24-,25+,28-/m1/s1. The Balaban J connectivity index is 1.40. The van der Waals surface area contributed by atoms with Gasteiger partial charge >= 0.3 is 6.18 Å². The average Bonchev–Trinajstić information content (AvgIpc) is 3.60. The van der Waals surface area contributed by atoms with Gasteiger partial charge in [-0.25, -0.2) is 0 Å². The number of hydrogen-bond acceptors (Lipinski definition) is 5. The van der Waals surface area contributed by atoms with Gasteiger partial charge in [0, 0.05) is 18.9 Å². The summed E-state index contributed by atoms with van der Waals surface area (Å²) in [6, 6.07) is 13.1. The molecule has 0 bridgehead atoms. The fourth-order valence-electron chi connectivity index (χ4n) is 5.32. The Hall–Kier alpha value is -2.46. The van der Waals surface area contributed by atoms with Crippen LogP contribution in [-0.4, -0.2) is 41.6 Å². The van der Waals surface area contributed by atoms with Crippen LogP contribution in [0.25, 0.3) is 0 Å². The number of alkyl halides is 3. The Morgan fingerprint density at radius 2 is 1.74 bits per heavy atom. The molecule has 4 atom stereocenters. The van der Waals surface area contributed by atoms with Gasteiger partial charge in [-0.3, -0.25) is 4.79 Å². The van der Waals surface area contributed by atoms with Gasteiger partial charge in [-0.05, 0) is 56.9 Å². The molecular weight excluding hydrogens is 499 g/mol. The van der Waals surface area contributed by atoms with Crippen LogP contribution in [0.5, 0.6) is 0 Å². The molecule has 1 unspecified atom stereocenters. The molecule has 1 aliphatic heterocycles. The zero-order valence-corrected chi connectivity index (χ0v) is 21.8.